The second kappa shape index (κ2) is 11.9. The lowest BCUT2D eigenvalue weighted by Crippen LogP contribution is -2.54. The van der Waals surface area contributed by atoms with E-state index in [2.05, 4.69) is 34.3 Å². The quantitative estimate of drug-likeness (QED) is 0.464. The third-order valence-corrected chi connectivity index (χ3v) is 7.28. The Morgan fingerprint density at radius 1 is 1.13 bits per heavy atom. The molecule has 2 unspecified atom stereocenters. The van der Waals surface area contributed by atoms with Gasteiger partial charge in [-0.05, 0) is 84.1 Å². The lowest BCUT2D eigenvalue weighted by Gasteiger charge is -2.39. The van der Waals surface area contributed by atoms with E-state index < -0.39 is 11.7 Å². The van der Waals surface area contributed by atoms with E-state index in [-0.39, 0.29) is 18.0 Å². The number of anilines is 1. The van der Waals surface area contributed by atoms with Crippen LogP contribution in [0.1, 0.15) is 70.2 Å². The zero-order valence-electron chi connectivity index (χ0n) is 23.2. The molecule has 4 aliphatic rings. The smallest absolute Gasteiger partial charge is 0.405 e. The molecule has 212 valence electrons. The van der Waals surface area contributed by atoms with Gasteiger partial charge < -0.3 is 26.0 Å². The molecular formula is C28H40ClN7O3. The molecule has 0 spiro atoms. The normalized spacial score (nSPS) is 22.8. The van der Waals surface area contributed by atoms with Gasteiger partial charge in [0.15, 0.2) is 0 Å². The molecule has 0 saturated carbocycles. The third kappa shape index (κ3) is 7.05. The van der Waals surface area contributed by atoms with Gasteiger partial charge >= 0.3 is 6.09 Å². The molecule has 0 bridgehead atoms. The molecule has 2 atom stereocenters. The molecule has 10 nitrogen and oxygen atoms in total. The predicted molar refractivity (Wildman–Crippen MR) is 154 cm³/mol. The summed E-state index contributed by atoms with van der Waals surface area (Å²) in [4.78, 5) is 32.7. The van der Waals surface area contributed by atoms with E-state index >= 15 is 0 Å². The predicted octanol–water partition coefficient (Wildman–Crippen LogP) is 4.24. The number of carbonyl (C=O) groups excluding carboxylic acids is 2. The second-order valence-corrected chi connectivity index (χ2v) is 11.8. The van der Waals surface area contributed by atoms with Crippen molar-refractivity contribution < 1.29 is 14.3 Å². The van der Waals surface area contributed by atoms with Crippen LogP contribution in [-0.4, -0.2) is 70.0 Å². The average molecular weight is 558 g/mol. The van der Waals surface area contributed by atoms with Crippen LogP contribution < -0.4 is 16.9 Å². The van der Waals surface area contributed by atoms with Gasteiger partial charge in [0.2, 0.25) is 0 Å². The number of fused-ring (bicyclic) bond motifs is 1. The molecule has 4 aliphatic heterocycles. The van der Waals surface area contributed by atoms with Gasteiger partial charge in [0.1, 0.15) is 17.3 Å². The topological polar surface area (TPSA) is 130 Å². The largest absolute Gasteiger partial charge is 0.444 e. The summed E-state index contributed by atoms with van der Waals surface area (Å²) in [6.07, 6.45) is 9.03. The number of halogens is 1. The van der Waals surface area contributed by atoms with E-state index in [1.807, 2.05) is 9.91 Å². The Labute approximate surface area is 235 Å². The van der Waals surface area contributed by atoms with Crippen molar-refractivity contribution in [1.29, 1.82) is 0 Å². The zero-order valence-corrected chi connectivity index (χ0v) is 24.0. The molecule has 39 heavy (non-hydrogen) atoms. The summed E-state index contributed by atoms with van der Waals surface area (Å²) in [5.41, 5.74) is 16.0. The van der Waals surface area contributed by atoms with Crippen LogP contribution in [0.25, 0.3) is 0 Å². The maximum Gasteiger partial charge on any atom is 0.405 e. The standard InChI is InChI=1S/C23H29ClN6O.C5H11NO2/c1-15-14-30-21(26-22(15)28-9-4-5-10-28)13-19(27-30)20-6-2-3-11-29(20)23(31)17-12-16(24)7-8-18(17)25;1-5(2,3)8-4(6)7/h7-8,12-14,19-20,27H,2-6,9-11,25H2,1H3;1-3H3,(H2,6,7). The highest BCUT2D eigenvalue weighted by Gasteiger charge is 2.38. The van der Waals surface area contributed by atoms with Crippen LogP contribution in [0.4, 0.5) is 10.5 Å². The third-order valence-electron chi connectivity index (χ3n) is 7.04. The van der Waals surface area contributed by atoms with Gasteiger partial charge in [-0.25, -0.2) is 15.2 Å². The van der Waals surface area contributed by atoms with Crippen molar-refractivity contribution in [3.63, 3.8) is 0 Å². The van der Waals surface area contributed by atoms with Crippen molar-refractivity contribution in [2.45, 2.75) is 77.5 Å². The number of nitrogen functional groups attached to an aromatic ring is 1. The molecule has 1 aromatic rings. The molecule has 5 N–H and O–H groups in total. The van der Waals surface area contributed by atoms with Crippen LogP contribution in [-0.2, 0) is 4.74 Å². The maximum absolute atomic E-state index is 13.4. The monoisotopic (exact) mass is 557 g/mol. The van der Waals surface area contributed by atoms with Crippen LogP contribution >= 0.6 is 11.6 Å². The first-order chi connectivity index (χ1) is 18.4. The van der Waals surface area contributed by atoms with Gasteiger partial charge in [-0.15, -0.1) is 0 Å². The number of rotatable bonds is 2. The van der Waals surface area contributed by atoms with Gasteiger partial charge in [0, 0.05) is 42.1 Å². The number of primary amides is 1. The minimum Gasteiger partial charge on any atom is -0.444 e. The summed E-state index contributed by atoms with van der Waals surface area (Å²) < 4.78 is 4.58. The molecule has 2 saturated heterocycles. The number of piperidine rings is 1. The fourth-order valence-corrected chi connectivity index (χ4v) is 5.52. The van der Waals surface area contributed by atoms with E-state index in [9.17, 15) is 9.59 Å². The van der Waals surface area contributed by atoms with Crippen molar-refractivity contribution in [3.05, 3.63) is 52.5 Å². The number of hydrogen-bond acceptors (Lipinski definition) is 8. The molecular weight excluding hydrogens is 518 g/mol. The lowest BCUT2D eigenvalue weighted by atomic mass is 9.94. The Morgan fingerprint density at radius 2 is 1.82 bits per heavy atom. The highest BCUT2D eigenvalue weighted by atomic mass is 35.5. The number of likely N-dealkylation sites (tertiary alicyclic amines) is 2. The van der Waals surface area contributed by atoms with Crippen molar-refractivity contribution in [1.82, 2.24) is 20.2 Å². The number of nitrogens with two attached hydrogens (primary N) is 2. The van der Waals surface area contributed by atoms with Crippen LogP contribution in [0.3, 0.4) is 0 Å². The van der Waals surface area contributed by atoms with Crippen LogP contribution in [0.2, 0.25) is 5.02 Å². The van der Waals surface area contributed by atoms with Crippen LogP contribution in [0, 0.1) is 0 Å². The van der Waals surface area contributed by atoms with E-state index in [1.165, 1.54) is 12.8 Å². The average Bonchev–Trinajstić information content (AvgIpc) is 3.53. The number of benzene rings is 1. The Hall–Kier alpha value is -3.24. The second-order valence-electron chi connectivity index (χ2n) is 11.3. The van der Waals surface area contributed by atoms with Gasteiger partial charge in [0.05, 0.1) is 17.6 Å². The molecule has 4 heterocycles. The van der Waals surface area contributed by atoms with Crippen molar-refractivity contribution in [2.75, 3.05) is 25.4 Å². The summed E-state index contributed by atoms with van der Waals surface area (Å²) in [5.74, 6) is 1.94. The van der Waals surface area contributed by atoms with Gasteiger partial charge in [-0.1, -0.05) is 11.6 Å². The molecule has 1 aromatic carbocycles. The first kappa shape index (κ1) is 28.8. The van der Waals surface area contributed by atoms with E-state index in [0.717, 1.165) is 49.6 Å². The first-order valence-corrected chi connectivity index (χ1v) is 13.9. The molecule has 2 amide bonds. The molecule has 2 fully saturated rings. The maximum atomic E-state index is 13.4. The van der Waals surface area contributed by atoms with Gasteiger partial charge in [0.25, 0.3) is 5.91 Å². The fraction of sp³-hybridized carbons (Fsp3) is 0.536. The Bertz CT molecular complexity index is 1180. The minimum atomic E-state index is -0.725. The number of aliphatic imine (C=N–C) groups is 1. The number of amidine groups is 1. The molecule has 5 rings (SSSR count). The Kier molecular flexibility index (Phi) is 8.76. The van der Waals surface area contributed by atoms with E-state index in [4.69, 9.17) is 28.1 Å². The van der Waals surface area contributed by atoms with E-state index in [0.29, 0.717) is 22.8 Å². The summed E-state index contributed by atoms with van der Waals surface area (Å²) in [6.45, 7) is 10.3. The summed E-state index contributed by atoms with van der Waals surface area (Å²) in [7, 11) is 0. The summed E-state index contributed by atoms with van der Waals surface area (Å²) >= 11 is 6.15. The molecule has 11 heteroatoms. The summed E-state index contributed by atoms with van der Waals surface area (Å²) in [5, 5.41) is 2.53. The minimum absolute atomic E-state index is 0.00499. The highest BCUT2D eigenvalue weighted by Crippen LogP contribution is 2.31. The molecule has 0 aromatic heterocycles. The molecule has 0 radical (unpaired) electrons. The SMILES string of the molecule is CC(C)(C)OC(N)=O.CC1=CN2NC(C3CCCCN3C(=O)c3cc(Cl)ccc3N)C=C2N=C1N1CCCC1. The highest BCUT2D eigenvalue weighted by molar-refractivity contribution is 6.31. The van der Waals surface area contributed by atoms with Gasteiger partial charge in [-0.2, -0.15) is 0 Å². The van der Waals surface area contributed by atoms with Crippen molar-refractivity contribution >= 4 is 35.1 Å². The fourth-order valence-electron chi connectivity index (χ4n) is 5.35. The van der Waals surface area contributed by atoms with Crippen molar-refractivity contribution in [2.24, 2.45) is 10.7 Å². The number of amides is 2. The molecule has 0 aliphatic carbocycles. The number of hydrogen-bond donors (Lipinski definition) is 3. The number of nitrogens with zero attached hydrogens (tertiary/aromatic N) is 4. The Morgan fingerprint density at radius 3 is 2.46 bits per heavy atom. The zero-order chi connectivity index (χ0) is 28.3. The number of carbonyl (C=O) groups is 2. The van der Waals surface area contributed by atoms with Crippen molar-refractivity contribution in [3.8, 4) is 0 Å². The van der Waals surface area contributed by atoms with E-state index in [1.54, 1.807) is 39.0 Å². The number of ether oxygens (including phenoxy) is 1. The number of hydrazine groups is 1. The number of nitrogens with one attached hydrogen (secondary N) is 1. The Balaban J connectivity index is 0.000000386. The van der Waals surface area contributed by atoms with Crippen LogP contribution in [0.15, 0.2) is 46.9 Å². The first-order valence-electron chi connectivity index (χ1n) is 13.6. The van der Waals surface area contributed by atoms with Crippen LogP contribution in [0.5, 0.6) is 0 Å². The lowest BCUT2D eigenvalue weighted by molar-refractivity contribution is 0.0560. The summed E-state index contributed by atoms with van der Waals surface area (Å²) in [6, 6.07) is 5.13. The van der Waals surface area contributed by atoms with Gasteiger partial charge in [-0.3, -0.25) is 9.80 Å².